The number of rotatable bonds is 2. The Labute approximate surface area is 174 Å². The molecule has 0 radical (unpaired) electrons. The molecule has 2 aromatic carbocycles. The van der Waals surface area contributed by atoms with Crippen LogP contribution in [0.4, 0.5) is 10.5 Å². The minimum Gasteiger partial charge on any atom is -0.340 e. The van der Waals surface area contributed by atoms with Crippen LogP contribution in [-0.2, 0) is 11.2 Å². The van der Waals surface area contributed by atoms with Crippen molar-refractivity contribution >= 4 is 41.0 Å². The highest BCUT2D eigenvalue weighted by atomic mass is 35.5. The predicted octanol–water partition coefficient (Wildman–Crippen LogP) is 4.12. The normalized spacial score (nSPS) is 19.1. The van der Waals surface area contributed by atoms with E-state index < -0.39 is 0 Å². The van der Waals surface area contributed by atoms with Crippen molar-refractivity contribution in [2.24, 2.45) is 0 Å². The van der Waals surface area contributed by atoms with Gasteiger partial charge in [-0.1, -0.05) is 29.8 Å². The Morgan fingerprint density at radius 2 is 1.68 bits per heavy atom. The van der Waals surface area contributed by atoms with Gasteiger partial charge in [-0.3, -0.25) is 4.79 Å². The number of halogens is 1. The number of carbonyl (C=O) groups is 2. The van der Waals surface area contributed by atoms with E-state index in [0.717, 1.165) is 12.8 Å². The van der Waals surface area contributed by atoms with Gasteiger partial charge in [0, 0.05) is 41.8 Å². The highest BCUT2D eigenvalue weighted by Gasteiger charge is 2.32. The number of hydrogen-bond donors (Lipinski definition) is 1. The average Bonchev–Trinajstić information content (AvgIpc) is 2.98. The van der Waals surface area contributed by atoms with Gasteiger partial charge in [-0.2, -0.15) is 0 Å². The Balaban J connectivity index is 1.33. The molecular weight excluding hydrogens is 394 g/mol. The van der Waals surface area contributed by atoms with Gasteiger partial charge in [-0.15, -0.1) is 11.8 Å². The van der Waals surface area contributed by atoms with Crippen LogP contribution >= 0.6 is 23.4 Å². The highest BCUT2D eigenvalue weighted by molar-refractivity contribution is 8.01. The number of urea groups is 1. The van der Waals surface area contributed by atoms with E-state index in [1.165, 1.54) is 10.5 Å². The Bertz CT molecular complexity index is 849. The molecule has 0 aliphatic carbocycles. The standard InChI is InChI=1S/C21H22ClN3O2S/c22-16-6-8-17(9-7-16)23-21(27)25-11-3-10-24(12-13-25)20(26)19-14-15-4-1-2-5-18(15)28-19/h1-2,4-9,19H,3,10-14H2,(H,23,27). The van der Waals surface area contributed by atoms with Crippen molar-refractivity contribution in [2.45, 2.75) is 23.0 Å². The first-order valence-electron chi connectivity index (χ1n) is 9.45. The van der Waals surface area contributed by atoms with E-state index in [-0.39, 0.29) is 17.2 Å². The molecule has 1 unspecified atom stereocenters. The van der Waals surface area contributed by atoms with Gasteiger partial charge in [0.15, 0.2) is 0 Å². The molecule has 7 heteroatoms. The topological polar surface area (TPSA) is 52.7 Å². The summed E-state index contributed by atoms with van der Waals surface area (Å²) in [6, 6.07) is 15.1. The maximum atomic E-state index is 13.0. The van der Waals surface area contributed by atoms with Crippen LogP contribution in [0.25, 0.3) is 0 Å². The lowest BCUT2D eigenvalue weighted by atomic mass is 10.1. The molecule has 1 fully saturated rings. The number of nitrogens with zero attached hydrogens (tertiary/aromatic N) is 2. The fourth-order valence-corrected chi connectivity index (χ4v) is 5.01. The molecule has 2 aliphatic heterocycles. The molecule has 1 N–H and O–H groups in total. The van der Waals surface area contributed by atoms with Gasteiger partial charge in [0.1, 0.15) is 0 Å². The first-order valence-corrected chi connectivity index (χ1v) is 10.7. The summed E-state index contributed by atoms with van der Waals surface area (Å²) in [6.07, 6.45) is 1.57. The number of anilines is 1. The molecule has 146 valence electrons. The van der Waals surface area contributed by atoms with Gasteiger partial charge in [0.2, 0.25) is 5.91 Å². The van der Waals surface area contributed by atoms with Crippen molar-refractivity contribution in [3.63, 3.8) is 0 Å². The maximum absolute atomic E-state index is 13.0. The van der Waals surface area contributed by atoms with Crippen LogP contribution in [0.2, 0.25) is 5.02 Å². The van der Waals surface area contributed by atoms with E-state index in [2.05, 4.69) is 17.4 Å². The van der Waals surface area contributed by atoms with Crippen LogP contribution in [0.3, 0.4) is 0 Å². The number of carbonyl (C=O) groups excluding carboxylic acids is 2. The third kappa shape index (κ3) is 4.28. The van der Waals surface area contributed by atoms with Gasteiger partial charge in [-0.05, 0) is 48.7 Å². The lowest BCUT2D eigenvalue weighted by molar-refractivity contribution is -0.130. The van der Waals surface area contributed by atoms with Gasteiger partial charge in [0.25, 0.3) is 0 Å². The van der Waals surface area contributed by atoms with Crippen molar-refractivity contribution in [2.75, 3.05) is 31.5 Å². The lowest BCUT2D eigenvalue weighted by Crippen LogP contribution is -2.41. The van der Waals surface area contributed by atoms with E-state index >= 15 is 0 Å². The van der Waals surface area contributed by atoms with Crippen molar-refractivity contribution in [1.82, 2.24) is 9.80 Å². The van der Waals surface area contributed by atoms with Crippen LogP contribution in [0.5, 0.6) is 0 Å². The third-order valence-corrected chi connectivity index (χ3v) is 6.67. The summed E-state index contributed by atoms with van der Waals surface area (Å²) in [7, 11) is 0. The van der Waals surface area contributed by atoms with Crippen molar-refractivity contribution in [3.8, 4) is 0 Å². The third-order valence-electron chi connectivity index (χ3n) is 5.11. The van der Waals surface area contributed by atoms with Crippen molar-refractivity contribution < 1.29 is 9.59 Å². The molecule has 2 aliphatic rings. The number of nitrogens with one attached hydrogen (secondary N) is 1. The number of fused-ring (bicyclic) bond motifs is 1. The Kier molecular flexibility index (Phi) is 5.78. The molecule has 0 spiro atoms. The van der Waals surface area contributed by atoms with E-state index in [4.69, 9.17) is 11.6 Å². The second-order valence-corrected chi connectivity index (χ2v) is 8.70. The van der Waals surface area contributed by atoms with E-state index in [1.807, 2.05) is 17.0 Å². The first kappa shape index (κ1) is 19.2. The van der Waals surface area contributed by atoms with Gasteiger partial charge < -0.3 is 15.1 Å². The summed E-state index contributed by atoms with van der Waals surface area (Å²) < 4.78 is 0. The first-order chi connectivity index (χ1) is 13.6. The number of amides is 3. The number of thioether (sulfide) groups is 1. The Morgan fingerprint density at radius 1 is 0.964 bits per heavy atom. The van der Waals surface area contributed by atoms with E-state index in [9.17, 15) is 9.59 Å². The molecule has 1 saturated heterocycles. The average molecular weight is 416 g/mol. The maximum Gasteiger partial charge on any atom is 0.321 e. The number of hydrogen-bond acceptors (Lipinski definition) is 3. The van der Waals surface area contributed by atoms with Gasteiger partial charge in [0.05, 0.1) is 5.25 Å². The van der Waals surface area contributed by atoms with Crippen molar-refractivity contribution in [1.29, 1.82) is 0 Å². The quantitative estimate of drug-likeness (QED) is 0.802. The molecule has 1 atom stereocenters. The summed E-state index contributed by atoms with van der Waals surface area (Å²) in [5.41, 5.74) is 1.97. The lowest BCUT2D eigenvalue weighted by Gasteiger charge is -2.24. The summed E-state index contributed by atoms with van der Waals surface area (Å²) in [4.78, 5) is 30.5. The van der Waals surface area contributed by atoms with Crippen LogP contribution in [-0.4, -0.2) is 53.2 Å². The molecule has 0 bridgehead atoms. The zero-order valence-electron chi connectivity index (χ0n) is 15.4. The fraction of sp³-hybridized carbons (Fsp3) is 0.333. The Morgan fingerprint density at radius 3 is 2.46 bits per heavy atom. The minimum atomic E-state index is -0.140. The van der Waals surface area contributed by atoms with Gasteiger partial charge >= 0.3 is 6.03 Å². The summed E-state index contributed by atoms with van der Waals surface area (Å²) in [5, 5.41) is 3.48. The molecule has 2 heterocycles. The summed E-state index contributed by atoms with van der Waals surface area (Å²) >= 11 is 7.55. The van der Waals surface area contributed by atoms with E-state index in [0.29, 0.717) is 36.9 Å². The monoisotopic (exact) mass is 415 g/mol. The molecular formula is C21H22ClN3O2S. The predicted molar refractivity (Wildman–Crippen MR) is 113 cm³/mol. The van der Waals surface area contributed by atoms with Crippen molar-refractivity contribution in [3.05, 3.63) is 59.1 Å². The molecule has 5 nitrogen and oxygen atoms in total. The number of benzene rings is 2. The molecule has 0 aromatic heterocycles. The second kappa shape index (κ2) is 8.45. The zero-order valence-corrected chi connectivity index (χ0v) is 17.0. The highest BCUT2D eigenvalue weighted by Crippen LogP contribution is 2.37. The fourth-order valence-electron chi connectivity index (χ4n) is 3.60. The van der Waals surface area contributed by atoms with E-state index in [1.54, 1.807) is 40.9 Å². The smallest absolute Gasteiger partial charge is 0.321 e. The van der Waals surface area contributed by atoms with Crippen LogP contribution < -0.4 is 5.32 Å². The second-order valence-electron chi connectivity index (χ2n) is 7.02. The molecule has 4 rings (SSSR count). The summed E-state index contributed by atoms with van der Waals surface area (Å²) in [6.45, 7) is 2.44. The van der Waals surface area contributed by atoms with Gasteiger partial charge in [-0.25, -0.2) is 4.79 Å². The molecule has 28 heavy (non-hydrogen) atoms. The zero-order chi connectivity index (χ0) is 19.5. The molecule has 3 amide bonds. The van der Waals surface area contributed by atoms with Crippen LogP contribution in [0.1, 0.15) is 12.0 Å². The minimum absolute atomic E-state index is 0.0492. The molecule has 2 aromatic rings. The molecule has 0 saturated carbocycles. The SMILES string of the molecule is O=C(Nc1ccc(Cl)cc1)N1CCCN(C(=O)C2Cc3ccccc3S2)CC1. The largest absolute Gasteiger partial charge is 0.340 e. The van der Waals surface area contributed by atoms with Crippen LogP contribution in [0.15, 0.2) is 53.4 Å². The Hall–Kier alpha value is -2.18. The van der Waals surface area contributed by atoms with Crippen LogP contribution in [0, 0.1) is 0 Å². The summed E-state index contributed by atoms with van der Waals surface area (Å²) in [5.74, 6) is 0.182.